The van der Waals surface area contributed by atoms with E-state index in [2.05, 4.69) is 10.3 Å². The molecule has 0 bridgehead atoms. The van der Waals surface area contributed by atoms with E-state index in [1.165, 1.54) is 6.20 Å². The molecule has 1 heterocycles. The maximum Gasteiger partial charge on any atom is 0.254 e. The van der Waals surface area contributed by atoms with Crippen LogP contribution >= 0.6 is 11.6 Å². The summed E-state index contributed by atoms with van der Waals surface area (Å²) in [5.74, 6) is -0.527. The summed E-state index contributed by atoms with van der Waals surface area (Å²) in [6.07, 6.45) is 1.43. The van der Waals surface area contributed by atoms with Gasteiger partial charge in [0.1, 0.15) is 0 Å². The number of nitriles is 1. The number of nitrogens with one attached hydrogen (secondary N) is 1. The molecule has 1 amide bonds. The van der Waals surface area contributed by atoms with Crippen LogP contribution in [0.25, 0.3) is 0 Å². The molecule has 4 nitrogen and oxygen atoms in total. The van der Waals surface area contributed by atoms with Gasteiger partial charge in [0.2, 0.25) is 0 Å². The van der Waals surface area contributed by atoms with Gasteiger partial charge in [-0.25, -0.2) is 0 Å². The third kappa shape index (κ3) is 3.21. The van der Waals surface area contributed by atoms with Crippen LogP contribution in [0.15, 0.2) is 12.3 Å². The van der Waals surface area contributed by atoms with E-state index >= 15 is 0 Å². The first kappa shape index (κ1) is 12.5. The topological polar surface area (TPSA) is 65.8 Å². The Morgan fingerprint density at radius 1 is 1.75 bits per heavy atom. The second kappa shape index (κ2) is 5.47. The fraction of sp³-hybridized carbons (Fsp3) is 0.364. The molecule has 0 spiro atoms. The summed E-state index contributed by atoms with van der Waals surface area (Å²) < 4.78 is 0. The van der Waals surface area contributed by atoms with Crippen LogP contribution in [-0.2, 0) is 0 Å². The lowest BCUT2D eigenvalue weighted by atomic mass is 10.2. The van der Waals surface area contributed by atoms with Crippen molar-refractivity contribution in [1.29, 1.82) is 5.26 Å². The van der Waals surface area contributed by atoms with Gasteiger partial charge in [-0.2, -0.15) is 5.26 Å². The number of hydrogen-bond donors (Lipinski definition) is 1. The Morgan fingerprint density at radius 3 is 3.00 bits per heavy atom. The highest BCUT2D eigenvalue weighted by molar-refractivity contribution is 6.33. The molecule has 0 fully saturated rings. The molecule has 0 aliphatic heterocycles. The molecule has 1 rings (SSSR count). The minimum absolute atomic E-state index is 0.221. The van der Waals surface area contributed by atoms with Crippen LogP contribution in [0.2, 0.25) is 5.02 Å². The molecule has 0 aliphatic carbocycles. The van der Waals surface area contributed by atoms with Crippen molar-refractivity contribution >= 4 is 17.5 Å². The fourth-order valence-corrected chi connectivity index (χ4v) is 1.37. The quantitative estimate of drug-likeness (QED) is 0.874. The number of carbonyl (C=O) groups is 1. The van der Waals surface area contributed by atoms with Gasteiger partial charge in [0.05, 0.1) is 22.6 Å². The molecule has 16 heavy (non-hydrogen) atoms. The Morgan fingerprint density at radius 2 is 2.44 bits per heavy atom. The molecular weight excluding hydrogens is 226 g/mol. The van der Waals surface area contributed by atoms with Gasteiger partial charge in [-0.05, 0) is 19.9 Å². The number of aromatic nitrogens is 1. The molecule has 5 heteroatoms. The van der Waals surface area contributed by atoms with Crippen LogP contribution in [0.1, 0.15) is 23.0 Å². The Labute approximate surface area is 99.2 Å². The zero-order valence-electron chi connectivity index (χ0n) is 9.12. The first-order valence-corrected chi connectivity index (χ1v) is 5.22. The molecule has 1 aromatic rings. The second-order valence-electron chi connectivity index (χ2n) is 3.55. The van der Waals surface area contributed by atoms with Crippen LogP contribution in [0, 0.1) is 24.2 Å². The molecule has 0 saturated heterocycles. The molecular formula is C11H12ClN3O. The molecule has 1 aromatic heterocycles. The van der Waals surface area contributed by atoms with Crippen LogP contribution in [0.4, 0.5) is 0 Å². The average Bonchev–Trinajstić information content (AvgIpc) is 2.25. The van der Waals surface area contributed by atoms with Crippen LogP contribution in [0.3, 0.4) is 0 Å². The predicted molar refractivity (Wildman–Crippen MR) is 61.1 cm³/mol. The largest absolute Gasteiger partial charge is 0.351 e. The summed E-state index contributed by atoms with van der Waals surface area (Å²) in [6, 6.07) is 3.66. The van der Waals surface area contributed by atoms with Crippen molar-refractivity contribution < 1.29 is 4.79 Å². The maximum absolute atomic E-state index is 11.7. The number of halogens is 1. The Hall–Kier alpha value is -1.60. The lowest BCUT2D eigenvalue weighted by Gasteiger charge is -2.07. The van der Waals surface area contributed by atoms with E-state index in [-0.39, 0.29) is 11.8 Å². The lowest BCUT2D eigenvalue weighted by Crippen LogP contribution is -2.28. The number of pyridine rings is 1. The number of carbonyl (C=O) groups excluding carboxylic acids is 1. The third-order valence-corrected chi connectivity index (χ3v) is 2.34. The molecule has 0 aromatic carbocycles. The molecule has 1 N–H and O–H groups in total. The van der Waals surface area contributed by atoms with Gasteiger partial charge in [-0.3, -0.25) is 9.78 Å². The maximum atomic E-state index is 11.7. The summed E-state index contributed by atoms with van der Waals surface area (Å²) in [5, 5.41) is 11.6. The van der Waals surface area contributed by atoms with E-state index in [0.717, 1.165) is 5.69 Å². The van der Waals surface area contributed by atoms with Gasteiger partial charge in [0.25, 0.3) is 5.91 Å². The molecule has 0 aliphatic rings. The normalized spacial score (nSPS) is 11.6. The molecule has 1 unspecified atom stereocenters. The Balaban J connectivity index is 2.71. The van der Waals surface area contributed by atoms with Crippen LogP contribution in [-0.4, -0.2) is 17.4 Å². The summed E-state index contributed by atoms with van der Waals surface area (Å²) in [6.45, 7) is 3.83. The summed E-state index contributed by atoms with van der Waals surface area (Å²) in [7, 11) is 0. The van der Waals surface area contributed by atoms with Crippen molar-refractivity contribution in [2.45, 2.75) is 13.8 Å². The second-order valence-corrected chi connectivity index (χ2v) is 3.95. The lowest BCUT2D eigenvalue weighted by molar-refractivity contribution is 0.0950. The van der Waals surface area contributed by atoms with E-state index < -0.39 is 0 Å². The molecule has 1 atom stereocenters. The first-order valence-electron chi connectivity index (χ1n) is 4.84. The molecule has 84 valence electrons. The smallest absolute Gasteiger partial charge is 0.254 e. The van der Waals surface area contributed by atoms with Crippen molar-refractivity contribution in [3.8, 4) is 6.07 Å². The molecule has 0 radical (unpaired) electrons. The van der Waals surface area contributed by atoms with E-state index in [0.29, 0.717) is 17.1 Å². The van der Waals surface area contributed by atoms with Gasteiger partial charge in [-0.15, -0.1) is 0 Å². The highest BCUT2D eigenvalue weighted by Crippen LogP contribution is 2.15. The van der Waals surface area contributed by atoms with Gasteiger partial charge in [0.15, 0.2) is 0 Å². The average molecular weight is 238 g/mol. The fourth-order valence-electron chi connectivity index (χ4n) is 1.08. The number of nitrogens with zero attached hydrogens (tertiary/aromatic N) is 2. The third-order valence-electron chi connectivity index (χ3n) is 2.02. The van der Waals surface area contributed by atoms with Gasteiger partial charge >= 0.3 is 0 Å². The van der Waals surface area contributed by atoms with Crippen molar-refractivity contribution in [2.24, 2.45) is 5.92 Å². The van der Waals surface area contributed by atoms with Crippen molar-refractivity contribution in [1.82, 2.24) is 10.3 Å². The van der Waals surface area contributed by atoms with E-state index in [1.807, 2.05) is 6.07 Å². The highest BCUT2D eigenvalue weighted by atomic mass is 35.5. The summed E-state index contributed by atoms with van der Waals surface area (Å²) in [5.41, 5.74) is 1.09. The number of amides is 1. The summed E-state index contributed by atoms with van der Waals surface area (Å²) >= 11 is 5.91. The monoisotopic (exact) mass is 237 g/mol. The highest BCUT2D eigenvalue weighted by Gasteiger charge is 2.11. The number of rotatable bonds is 3. The standard InChI is InChI=1S/C11H12ClN3O/c1-7(4-13)5-15-11(16)9-6-14-8(2)3-10(9)12/h3,6-7H,5H2,1-2H3,(H,15,16). The van der Waals surface area contributed by atoms with E-state index in [4.69, 9.17) is 16.9 Å². The zero-order chi connectivity index (χ0) is 12.1. The Bertz CT molecular complexity index is 439. The minimum atomic E-state index is -0.306. The first-order chi connectivity index (χ1) is 7.54. The van der Waals surface area contributed by atoms with Crippen LogP contribution < -0.4 is 5.32 Å². The number of aryl methyl sites for hydroxylation is 1. The van der Waals surface area contributed by atoms with E-state index in [9.17, 15) is 4.79 Å². The minimum Gasteiger partial charge on any atom is -0.351 e. The number of hydrogen-bond acceptors (Lipinski definition) is 3. The van der Waals surface area contributed by atoms with Gasteiger partial charge in [-0.1, -0.05) is 11.6 Å². The van der Waals surface area contributed by atoms with Gasteiger partial charge < -0.3 is 5.32 Å². The van der Waals surface area contributed by atoms with Crippen molar-refractivity contribution in [2.75, 3.05) is 6.54 Å². The van der Waals surface area contributed by atoms with Gasteiger partial charge in [0, 0.05) is 18.4 Å². The Kier molecular flexibility index (Phi) is 4.27. The zero-order valence-corrected chi connectivity index (χ0v) is 9.88. The predicted octanol–water partition coefficient (Wildman–Crippen LogP) is 1.93. The van der Waals surface area contributed by atoms with Crippen molar-refractivity contribution in [3.05, 3.63) is 28.5 Å². The van der Waals surface area contributed by atoms with E-state index in [1.54, 1.807) is 19.9 Å². The summed E-state index contributed by atoms with van der Waals surface area (Å²) in [4.78, 5) is 15.7. The SMILES string of the molecule is Cc1cc(Cl)c(C(=O)NCC(C)C#N)cn1. The molecule has 0 saturated carbocycles. The van der Waals surface area contributed by atoms with Crippen molar-refractivity contribution in [3.63, 3.8) is 0 Å². The van der Waals surface area contributed by atoms with Crippen LogP contribution in [0.5, 0.6) is 0 Å².